The Balaban J connectivity index is 1.81. The van der Waals surface area contributed by atoms with Crippen LogP contribution < -0.4 is 11.1 Å². The monoisotopic (exact) mass is 285 g/mol. The molecule has 0 bridgehead atoms. The fourth-order valence-corrected chi connectivity index (χ4v) is 3.80. The molecule has 4 rings (SSSR count). The summed E-state index contributed by atoms with van der Waals surface area (Å²) >= 11 is 0. The summed E-state index contributed by atoms with van der Waals surface area (Å²) in [6, 6.07) is 2.20. The van der Waals surface area contributed by atoms with E-state index in [4.69, 9.17) is 15.8 Å². The van der Waals surface area contributed by atoms with Crippen molar-refractivity contribution in [1.29, 1.82) is 0 Å². The molecule has 0 amide bonds. The lowest BCUT2D eigenvalue weighted by atomic mass is 10.1. The van der Waals surface area contributed by atoms with Crippen LogP contribution in [0.2, 0.25) is 0 Å². The highest BCUT2D eigenvalue weighted by Crippen LogP contribution is 2.35. The zero-order valence-corrected chi connectivity index (χ0v) is 12.4. The van der Waals surface area contributed by atoms with Gasteiger partial charge in [-0.25, -0.2) is 4.98 Å². The molecule has 2 aliphatic carbocycles. The number of nitrogens with zero attached hydrogens (tertiary/aromatic N) is 3. The van der Waals surface area contributed by atoms with Crippen LogP contribution in [0.4, 0.5) is 5.82 Å². The predicted octanol–water partition coefficient (Wildman–Crippen LogP) is 2.25. The third kappa shape index (κ3) is 2.20. The first-order valence-electron chi connectivity index (χ1n) is 8.22. The van der Waals surface area contributed by atoms with Gasteiger partial charge in [-0.15, -0.1) is 0 Å². The summed E-state index contributed by atoms with van der Waals surface area (Å²) in [5.41, 5.74) is 10.5. The molecule has 3 N–H and O–H groups in total. The minimum absolute atomic E-state index is 0.629. The van der Waals surface area contributed by atoms with E-state index in [1.807, 2.05) is 4.52 Å². The first-order chi connectivity index (χ1) is 10.4. The van der Waals surface area contributed by atoms with Gasteiger partial charge in [0.15, 0.2) is 5.65 Å². The molecule has 0 spiro atoms. The number of nitrogens with one attached hydrogen (secondary N) is 1. The standard InChI is InChI=1S/C16H23N5/c17-8-9-18-16-12-6-3-7-13(12)19-15-10-14(20-21(15)16)11-4-1-2-5-11/h10-11,18H,1-9,17H2. The van der Waals surface area contributed by atoms with Crippen molar-refractivity contribution < 1.29 is 0 Å². The Morgan fingerprint density at radius 1 is 1.24 bits per heavy atom. The van der Waals surface area contributed by atoms with Gasteiger partial charge in [0.2, 0.25) is 0 Å². The molecule has 0 aromatic carbocycles. The Kier molecular flexibility index (Phi) is 3.30. The number of aromatic nitrogens is 3. The summed E-state index contributed by atoms with van der Waals surface area (Å²) < 4.78 is 2.02. The maximum Gasteiger partial charge on any atom is 0.157 e. The van der Waals surface area contributed by atoms with Crippen molar-refractivity contribution in [2.45, 2.75) is 50.9 Å². The molecule has 2 heterocycles. The van der Waals surface area contributed by atoms with Crippen molar-refractivity contribution >= 4 is 11.5 Å². The molecule has 5 nitrogen and oxygen atoms in total. The minimum Gasteiger partial charge on any atom is -0.368 e. The van der Waals surface area contributed by atoms with Crippen molar-refractivity contribution in [2.75, 3.05) is 18.4 Å². The van der Waals surface area contributed by atoms with E-state index in [0.29, 0.717) is 12.5 Å². The Bertz CT molecular complexity index is 654. The van der Waals surface area contributed by atoms with Gasteiger partial charge in [0, 0.05) is 36.3 Å². The van der Waals surface area contributed by atoms with E-state index in [1.54, 1.807) is 0 Å². The summed E-state index contributed by atoms with van der Waals surface area (Å²) in [5, 5.41) is 8.35. The first kappa shape index (κ1) is 13.1. The molecule has 0 atom stereocenters. The van der Waals surface area contributed by atoms with Crippen LogP contribution in [0.3, 0.4) is 0 Å². The average molecular weight is 285 g/mol. The van der Waals surface area contributed by atoms with E-state index in [9.17, 15) is 0 Å². The number of anilines is 1. The van der Waals surface area contributed by atoms with E-state index in [1.165, 1.54) is 49.1 Å². The van der Waals surface area contributed by atoms with Gasteiger partial charge in [0.05, 0.1) is 5.69 Å². The molecule has 1 saturated carbocycles. The highest BCUT2D eigenvalue weighted by Gasteiger charge is 2.24. The van der Waals surface area contributed by atoms with Crippen molar-refractivity contribution in [2.24, 2.45) is 5.73 Å². The van der Waals surface area contributed by atoms with E-state index < -0.39 is 0 Å². The highest BCUT2D eigenvalue weighted by molar-refractivity contribution is 5.57. The molecule has 0 saturated heterocycles. The zero-order valence-electron chi connectivity index (χ0n) is 12.4. The maximum atomic E-state index is 5.66. The molecule has 0 radical (unpaired) electrons. The maximum absolute atomic E-state index is 5.66. The molecule has 1 fully saturated rings. The summed E-state index contributed by atoms with van der Waals surface area (Å²) in [5.74, 6) is 1.76. The van der Waals surface area contributed by atoms with E-state index in [-0.39, 0.29) is 0 Å². The van der Waals surface area contributed by atoms with Crippen LogP contribution in [0.1, 0.15) is 55.0 Å². The molecule has 0 unspecified atom stereocenters. The van der Waals surface area contributed by atoms with Gasteiger partial charge in [-0.2, -0.15) is 9.61 Å². The third-order valence-electron chi connectivity index (χ3n) is 4.86. The topological polar surface area (TPSA) is 68.2 Å². The fraction of sp³-hybridized carbons (Fsp3) is 0.625. The number of aryl methyl sites for hydroxylation is 1. The number of rotatable bonds is 4. The third-order valence-corrected chi connectivity index (χ3v) is 4.86. The lowest BCUT2D eigenvalue weighted by Gasteiger charge is -2.12. The second kappa shape index (κ2) is 5.30. The van der Waals surface area contributed by atoms with Gasteiger partial charge in [-0.05, 0) is 32.1 Å². The van der Waals surface area contributed by atoms with Gasteiger partial charge in [0.25, 0.3) is 0 Å². The quantitative estimate of drug-likeness (QED) is 0.904. The molecular weight excluding hydrogens is 262 g/mol. The summed E-state index contributed by atoms with van der Waals surface area (Å²) in [4.78, 5) is 4.85. The van der Waals surface area contributed by atoms with Crippen LogP contribution in [0.5, 0.6) is 0 Å². The second-order valence-corrected chi connectivity index (χ2v) is 6.28. The average Bonchev–Trinajstić information content (AvgIpc) is 3.20. The zero-order chi connectivity index (χ0) is 14.2. The number of hydrogen-bond acceptors (Lipinski definition) is 4. The normalized spacial score (nSPS) is 18.5. The Labute approximate surface area is 124 Å². The van der Waals surface area contributed by atoms with Crippen LogP contribution in [0.15, 0.2) is 6.07 Å². The van der Waals surface area contributed by atoms with Crippen molar-refractivity contribution in [3.63, 3.8) is 0 Å². The largest absolute Gasteiger partial charge is 0.368 e. The smallest absolute Gasteiger partial charge is 0.157 e. The molecule has 21 heavy (non-hydrogen) atoms. The van der Waals surface area contributed by atoms with Gasteiger partial charge in [-0.1, -0.05) is 12.8 Å². The summed E-state index contributed by atoms with van der Waals surface area (Å²) in [6.45, 7) is 1.42. The summed E-state index contributed by atoms with van der Waals surface area (Å²) in [6.07, 6.45) is 8.60. The van der Waals surface area contributed by atoms with E-state index >= 15 is 0 Å². The van der Waals surface area contributed by atoms with Crippen LogP contribution >= 0.6 is 0 Å². The lowest BCUT2D eigenvalue weighted by Crippen LogP contribution is -2.17. The molecule has 0 aliphatic heterocycles. The number of nitrogens with two attached hydrogens (primary N) is 1. The van der Waals surface area contributed by atoms with Crippen LogP contribution in [0, 0.1) is 0 Å². The Hall–Kier alpha value is -1.62. The molecule has 2 aliphatic rings. The fourth-order valence-electron chi connectivity index (χ4n) is 3.80. The molecule has 5 heteroatoms. The summed E-state index contributed by atoms with van der Waals surface area (Å²) in [7, 11) is 0. The van der Waals surface area contributed by atoms with Gasteiger partial charge in [-0.3, -0.25) is 0 Å². The first-order valence-corrected chi connectivity index (χ1v) is 8.22. The van der Waals surface area contributed by atoms with Gasteiger partial charge < -0.3 is 11.1 Å². The van der Waals surface area contributed by atoms with Crippen LogP contribution in [-0.2, 0) is 12.8 Å². The Morgan fingerprint density at radius 3 is 2.90 bits per heavy atom. The highest BCUT2D eigenvalue weighted by atomic mass is 15.3. The second-order valence-electron chi connectivity index (χ2n) is 6.28. The van der Waals surface area contributed by atoms with Crippen molar-refractivity contribution in [1.82, 2.24) is 14.6 Å². The van der Waals surface area contributed by atoms with Gasteiger partial charge >= 0.3 is 0 Å². The van der Waals surface area contributed by atoms with Gasteiger partial charge in [0.1, 0.15) is 5.82 Å². The lowest BCUT2D eigenvalue weighted by molar-refractivity contribution is 0.684. The van der Waals surface area contributed by atoms with Crippen LogP contribution in [-0.4, -0.2) is 27.7 Å². The van der Waals surface area contributed by atoms with Crippen molar-refractivity contribution in [3.8, 4) is 0 Å². The Morgan fingerprint density at radius 2 is 2.10 bits per heavy atom. The predicted molar refractivity (Wildman–Crippen MR) is 83.8 cm³/mol. The number of hydrogen-bond donors (Lipinski definition) is 2. The van der Waals surface area contributed by atoms with E-state index in [2.05, 4.69) is 11.4 Å². The minimum atomic E-state index is 0.629. The molecular formula is C16H23N5. The number of fused-ring (bicyclic) bond motifs is 2. The molecule has 112 valence electrons. The van der Waals surface area contributed by atoms with E-state index in [0.717, 1.165) is 30.9 Å². The SMILES string of the molecule is NCCNc1c2c(nc3cc(C4CCCC4)nn13)CCC2. The molecule has 2 aromatic heterocycles. The van der Waals surface area contributed by atoms with Crippen LogP contribution in [0.25, 0.3) is 5.65 Å². The molecule has 2 aromatic rings. The van der Waals surface area contributed by atoms with Crippen molar-refractivity contribution in [3.05, 3.63) is 23.0 Å².